The molecule has 0 heterocycles. The molecule has 0 bridgehead atoms. The van der Waals surface area contributed by atoms with Gasteiger partial charge in [-0.05, 0) is 64.0 Å². The van der Waals surface area contributed by atoms with Gasteiger partial charge in [0, 0.05) is 22.2 Å². The number of ether oxygens (including phenoxy) is 1. The molecule has 166 valence electrons. The van der Waals surface area contributed by atoms with Crippen LogP contribution in [0.4, 0.5) is 11.4 Å². The van der Waals surface area contributed by atoms with E-state index in [-0.39, 0.29) is 17.9 Å². The maximum absolute atomic E-state index is 12.7. The van der Waals surface area contributed by atoms with Crippen molar-refractivity contribution in [3.63, 3.8) is 0 Å². The zero-order valence-corrected chi connectivity index (χ0v) is 20.6. The van der Waals surface area contributed by atoms with Crippen LogP contribution in [0.5, 0.6) is 5.75 Å². The van der Waals surface area contributed by atoms with E-state index < -0.39 is 10.8 Å². The minimum atomic E-state index is -0.622. The fraction of sp³-hybridized carbons (Fsp3) is 0.0435. The van der Waals surface area contributed by atoms with Gasteiger partial charge in [-0.25, -0.2) is 0 Å². The number of nitriles is 1. The number of amides is 1. The summed E-state index contributed by atoms with van der Waals surface area (Å²) >= 11 is 12.9. The molecule has 33 heavy (non-hydrogen) atoms. The molecule has 0 fully saturated rings. The second-order valence-corrected chi connectivity index (χ2v) is 8.80. The van der Waals surface area contributed by atoms with Crippen molar-refractivity contribution >= 4 is 66.8 Å². The first-order valence-electron chi connectivity index (χ1n) is 9.31. The molecule has 3 rings (SSSR count). The van der Waals surface area contributed by atoms with Gasteiger partial charge in [0.05, 0.1) is 20.1 Å². The van der Waals surface area contributed by atoms with Crippen LogP contribution in [-0.4, -0.2) is 10.8 Å². The van der Waals surface area contributed by atoms with Gasteiger partial charge in [0.1, 0.15) is 24.0 Å². The Labute approximate surface area is 211 Å². The second kappa shape index (κ2) is 11.1. The Bertz CT molecular complexity index is 1290. The average molecular weight is 592 g/mol. The van der Waals surface area contributed by atoms with E-state index in [9.17, 15) is 20.2 Å². The maximum Gasteiger partial charge on any atom is 0.269 e. The van der Waals surface area contributed by atoms with Gasteiger partial charge in [0.15, 0.2) is 0 Å². The summed E-state index contributed by atoms with van der Waals surface area (Å²) in [4.78, 5) is 23.0. The zero-order chi connectivity index (χ0) is 24.0. The van der Waals surface area contributed by atoms with Gasteiger partial charge in [0.25, 0.3) is 11.6 Å². The van der Waals surface area contributed by atoms with Crippen LogP contribution in [0.1, 0.15) is 11.1 Å². The number of hydrogen-bond donors (Lipinski definition) is 1. The van der Waals surface area contributed by atoms with Crippen LogP contribution in [0.3, 0.4) is 0 Å². The van der Waals surface area contributed by atoms with Gasteiger partial charge in [-0.2, -0.15) is 5.26 Å². The second-order valence-electron chi connectivity index (χ2n) is 6.62. The first kappa shape index (κ1) is 24.5. The molecule has 3 aromatic rings. The Morgan fingerprint density at radius 2 is 1.88 bits per heavy atom. The Morgan fingerprint density at radius 1 is 1.18 bits per heavy atom. The number of carbonyl (C=O) groups excluding carboxylic acids is 1. The highest BCUT2D eigenvalue weighted by atomic mass is 79.9. The molecule has 1 N–H and O–H groups in total. The van der Waals surface area contributed by atoms with E-state index in [1.807, 2.05) is 6.07 Å². The van der Waals surface area contributed by atoms with Crippen molar-refractivity contribution in [1.29, 1.82) is 5.26 Å². The summed E-state index contributed by atoms with van der Waals surface area (Å²) in [6.45, 7) is 0.118. The lowest BCUT2D eigenvalue weighted by molar-refractivity contribution is -0.384. The Hall–Kier alpha value is -3.19. The summed E-state index contributed by atoms with van der Waals surface area (Å²) in [6.07, 6.45) is 1.41. The van der Waals surface area contributed by atoms with Crippen molar-refractivity contribution in [3.05, 3.63) is 101 Å². The molecule has 0 saturated carbocycles. The third-order valence-electron chi connectivity index (χ3n) is 4.35. The summed E-state index contributed by atoms with van der Waals surface area (Å²) in [5, 5.41) is 23.4. The molecule has 0 aliphatic heterocycles. The lowest BCUT2D eigenvalue weighted by Gasteiger charge is -2.13. The molecule has 0 radical (unpaired) electrons. The van der Waals surface area contributed by atoms with E-state index >= 15 is 0 Å². The van der Waals surface area contributed by atoms with E-state index in [1.165, 1.54) is 18.2 Å². The summed E-state index contributed by atoms with van der Waals surface area (Å²) in [5.74, 6) is -0.224. The Balaban J connectivity index is 1.87. The van der Waals surface area contributed by atoms with E-state index in [0.29, 0.717) is 36.5 Å². The van der Waals surface area contributed by atoms with E-state index in [1.54, 1.807) is 48.5 Å². The minimum Gasteiger partial charge on any atom is -0.487 e. The van der Waals surface area contributed by atoms with Gasteiger partial charge in [0.2, 0.25) is 0 Å². The van der Waals surface area contributed by atoms with Crippen molar-refractivity contribution in [2.45, 2.75) is 6.61 Å². The average Bonchev–Trinajstić information content (AvgIpc) is 2.78. The Kier molecular flexibility index (Phi) is 8.22. The molecule has 0 saturated heterocycles. The molecule has 7 nitrogen and oxygen atoms in total. The smallest absolute Gasteiger partial charge is 0.269 e. The van der Waals surface area contributed by atoms with Crippen molar-refractivity contribution < 1.29 is 14.5 Å². The lowest BCUT2D eigenvalue weighted by atomic mass is 10.1. The van der Waals surface area contributed by atoms with Crippen molar-refractivity contribution in [3.8, 4) is 11.8 Å². The van der Waals surface area contributed by atoms with Gasteiger partial charge in [-0.1, -0.05) is 39.7 Å². The molecule has 0 unspecified atom stereocenters. The quantitative estimate of drug-likeness (QED) is 0.139. The number of anilines is 1. The zero-order valence-electron chi connectivity index (χ0n) is 16.7. The first-order chi connectivity index (χ1) is 15.8. The highest BCUT2D eigenvalue weighted by Crippen LogP contribution is 2.35. The van der Waals surface area contributed by atoms with Crippen LogP contribution >= 0.6 is 43.5 Å². The fourth-order valence-corrected chi connectivity index (χ4v) is 4.32. The summed E-state index contributed by atoms with van der Waals surface area (Å²) in [6, 6.07) is 18.0. The molecule has 0 spiro atoms. The standard InChI is InChI=1S/C23H14Br2ClN3O4/c24-17-10-15(9-16(12-27)23(30)28-21-4-2-1-3-20(21)26)22(19(25)11-17)33-13-14-5-7-18(8-6-14)29(31)32/h1-11H,13H2,(H,28,30)/b16-9+. The van der Waals surface area contributed by atoms with Crippen LogP contribution in [0.25, 0.3) is 6.08 Å². The number of non-ortho nitro benzene ring substituents is 1. The normalized spacial score (nSPS) is 10.9. The van der Waals surface area contributed by atoms with E-state index in [2.05, 4.69) is 37.2 Å². The van der Waals surface area contributed by atoms with Crippen LogP contribution < -0.4 is 10.1 Å². The monoisotopic (exact) mass is 589 g/mol. The highest BCUT2D eigenvalue weighted by molar-refractivity contribution is 9.11. The molecule has 1 amide bonds. The molecular weight excluding hydrogens is 578 g/mol. The summed E-state index contributed by atoms with van der Waals surface area (Å²) < 4.78 is 7.22. The predicted octanol–water partition coefficient (Wildman–Crippen LogP) is 6.90. The number of nitrogens with zero attached hydrogens (tertiary/aromatic N) is 2. The Morgan fingerprint density at radius 3 is 2.52 bits per heavy atom. The van der Waals surface area contributed by atoms with Crippen molar-refractivity contribution in [1.82, 2.24) is 0 Å². The van der Waals surface area contributed by atoms with E-state index in [0.717, 1.165) is 0 Å². The number of carbonyl (C=O) groups is 1. The predicted molar refractivity (Wildman–Crippen MR) is 133 cm³/mol. The molecule has 0 aromatic heterocycles. The van der Waals surface area contributed by atoms with Gasteiger partial charge < -0.3 is 10.1 Å². The number of para-hydroxylation sites is 1. The molecule has 3 aromatic carbocycles. The topological polar surface area (TPSA) is 105 Å². The third kappa shape index (κ3) is 6.42. The van der Waals surface area contributed by atoms with Crippen molar-refractivity contribution in [2.75, 3.05) is 5.32 Å². The first-order valence-corrected chi connectivity index (χ1v) is 11.3. The lowest BCUT2D eigenvalue weighted by Crippen LogP contribution is -2.13. The number of nitro benzene ring substituents is 1. The van der Waals surface area contributed by atoms with E-state index in [4.69, 9.17) is 16.3 Å². The fourth-order valence-electron chi connectivity index (χ4n) is 2.77. The number of hydrogen-bond acceptors (Lipinski definition) is 5. The number of nitrogens with one attached hydrogen (secondary N) is 1. The third-order valence-corrected chi connectivity index (χ3v) is 5.73. The van der Waals surface area contributed by atoms with Gasteiger partial charge in [-0.15, -0.1) is 0 Å². The van der Waals surface area contributed by atoms with Crippen LogP contribution in [-0.2, 0) is 11.4 Å². The minimum absolute atomic E-state index is 0.0182. The summed E-state index contributed by atoms with van der Waals surface area (Å²) in [7, 11) is 0. The molecule has 0 aliphatic carbocycles. The largest absolute Gasteiger partial charge is 0.487 e. The van der Waals surface area contributed by atoms with Crippen LogP contribution in [0.15, 0.2) is 75.2 Å². The van der Waals surface area contributed by atoms with Crippen LogP contribution in [0, 0.1) is 21.4 Å². The maximum atomic E-state index is 12.7. The van der Waals surface area contributed by atoms with Crippen LogP contribution in [0.2, 0.25) is 5.02 Å². The van der Waals surface area contributed by atoms with Crippen molar-refractivity contribution in [2.24, 2.45) is 0 Å². The number of nitro groups is 1. The molecule has 0 aliphatic rings. The molecular formula is C23H14Br2ClN3O4. The molecule has 10 heteroatoms. The van der Waals surface area contributed by atoms with Gasteiger partial charge in [-0.3, -0.25) is 14.9 Å². The number of benzene rings is 3. The highest BCUT2D eigenvalue weighted by Gasteiger charge is 2.15. The summed E-state index contributed by atoms with van der Waals surface area (Å²) in [5.41, 5.74) is 1.40. The SMILES string of the molecule is N#C/C(=C\c1cc(Br)cc(Br)c1OCc1ccc([N+](=O)[O-])cc1)C(=O)Nc1ccccc1Cl. The molecule has 0 atom stereocenters. The van der Waals surface area contributed by atoms with Gasteiger partial charge >= 0.3 is 0 Å². The number of rotatable bonds is 7. The number of halogens is 3.